The van der Waals surface area contributed by atoms with Gasteiger partial charge in [0.05, 0.1) is 11.2 Å². The summed E-state index contributed by atoms with van der Waals surface area (Å²) in [6.45, 7) is 1.98. The van der Waals surface area contributed by atoms with Crippen LogP contribution >= 0.6 is 0 Å². The summed E-state index contributed by atoms with van der Waals surface area (Å²) in [6, 6.07) is 10.0. The molecule has 0 saturated heterocycles. The number of nitrogens with zero attached hydrogens (tertiary/aromatic N) is 4. The molecule has 0 unspecified atom stereocenters. The first-order chi connectivity index (χ1) is 7.84. The van der Waals surface area contributed by atoms with E-state index >= 15 is 0 Å². The largest absolute Gasteiger partial charge is 0.253 e. The standard InChI is InChI=1S/C12H10N4/c1-9-6-12(16-8-13-7-14-16)10-4-2-3-5-11(10)15-9/h2-8H,1H3. The maximum absolute atomic E-state index is 4.48. The third-order valence-corrected chi connectivity index (χ3v) is 2.49. The van der Waals surface area contributed by atoms with Gasteiger partial charge in [-0.05, 0) is 19.1 Å². The molecule has 0 atom stereocenters. The minimum absolute atomic E-state index is 0.976. The van der Waals surface area contributed by atoms with Crippen molar-refractivity contribution in [3.8, 4) is 5.69 Å². The summed E-state index contributed by atoms with van der Waals surface area (Å²) in [5, 5.41) is 5.24. The maximum atomic E-state index is 4.48. The molecule has 0 radical (unpaired) electrons. The van der Waals surface area contributed by atoms with E-state index < -0.39 is 0 Å². The molecule has 78 valence electrons. The highest BCUT2D eigenvalue weighted by molar-refractivity contribution is 5.87. The molecule has 0 N–H and O–H groups in total. The summed E-state index contributed by atoms with van der Waals surface area (Å²) in [5.41, 5.74) is 2.97. The summed E-state index contributed by atoms with van der Waals surface area (Å²) in [6.07, 6.45) is 3.23. The van der Waals surface area contributed by atoms with Crippen LogP contribution in [0.3, 0.4) is 0 Å². The lowest BCUT2D eigenvalue weighted by atomic mass is 10.1. The lowest BCUT2D eigenvalue weighted by Gasteiger charge is -2.06. The molecule has 0 bridgehead atoms. The highest BCUT2D eigenvalue weighted by Crippen LogP contribution is 2.20. The van der Waals surface area contributed by atoms with Crippen molar-refractivity contribution in [3.05, 3.63) is 48.7 Å². The normalized spacial score (nSPS) is 10.8. The average Bonchev–Trinajstić information content (AvgIpc) is 2.81. The molecule has 0 spiro atoms. The Bertz CT molecular complexity index is 629. The number of hydrogen-bond donors (Lipinski definition) is 0. The third kappa shape index (κ3) is 1.35. The summed E-state index contributed by atoms with van der Waals surface area (Å²) >= 11 is 0. The van der Waals surface area contributed by atoms with Gasteiger partial charge in [0.2, 0.25) is 0 Å². The highest BCUT2D eigenvalue weighted by atomic mass is 15.3. The van der Waals surface area contributed by atoms with E-state index in [2.05, 4.69) is 15.1 Å². The Morgan fingerprint density at radius 3 is 2.88 bits per heavy atom. The molecule has 16 heavy (non-hydrogen) atoms. The predicted octanol–water partition coefficient (Wildman–Crippen LogP) is 2.12. The number of aromatic nitrogens is 4. The molecule has 1 aromatic carbocycles. The van der Waals surface area contributed by atoms with Crippen LogP contribution in [0.1, 0.15) is 5.69 Å². The van der Waals surface area contributed by atoms with E-state index in [1.165, 1.54) is 6.33 Å². The fourth-order valence-electron chi connectivity index (χ4n) is 1.81. The van der Waals surface area contributed by atoms with Gasteiger partial charge in [0, 0.05) is 11.1 Å². The van der Waals surface area contributed by atoms with Crippen molar-refractivity contribution in [2.45, 2.75) is 6.92 Å². The van der Waals surface area contributed by atoms with Gasteiger partial charge in [-0.25, -0.2) is 9.67 Å². The highest BCUT2D eigenvalue weighted by Gasteiger charge is 2.05. The van der Waals surface area contributed by atoms with E-state index in [-0.39, 0.29) is 0 Å². The summed E-state index contributed by atoms with van der Waals surface area (Å²) in [7, 11) is 0. The van der Waals surface area contributed by atoms with Crippen molar-refractivity contribution in [2.75, 3.05) is 0 Å². The molecule has 0 saturated carbocycles. The zero-order chi connectivity index (χ0) is 11.0. The van der Waals surface area contributed by atoms with E-state index in [1.54, 1.807) is 11.0 Å². The van der Waals surface area contributed by atoms with Gasteiger partial charge in [-0.1, -0.05) is 18.2 Å². The van der Waals surface area contributed by atoms with Gasteiger partial charge >= 0.3 is 0 Å². The Morgan fingerprint density at radius 2 is 2.06 bits per heavy atom. The topological polar surface area (TPSA) is 43.6 Å². The van der Waals surface area contributed by atoms with E-state index in [0.717, 1.165) is 22.3 Å². The molecular formula is C12H10N4. The lowest BCUT2D eigenvalue weighted by molar-refractivity contribution is 0.882. The Morgan fingerprint density at radius 1 is 1.19 bits per heavy atom. The fraction of sp³-hybridized carbons (Fsp3) is 0.0833. The van der Waals surface area contributed by atoms with E-state index in [9.17, 15) is 0 Å². The number of aryl methyl sites for hydroxylation is 1. The van der Waals surface area contributed by atoms with Crippen LogP contribution in [0, 0.1) is 6.92 Å². The fourth-order valence-corrected chi connectivity index (χ4v) is 1.81. The van der Waals surface area contributed by atoms with Gasteiger partial charge in [-0.2, -0.15) is 5.10 Å². The number of benzene rings is 1. The van der Waals surface area contributed by atoms with Crippen molar-refractivity contribution in [1.29, 1.82) is 0 Å². The van der Waals surface area contributed by atoms with Gasteiger partial charge in [-0.15, -0.1) is 0 Å². The van der Waals surface area contributed by atoms with E-state index in [0.29, 0.717) is 0 Å². The van der Waals surface area contributed by atoms with Crippen LogP contribution in [0.4, 0.5) is 0 Å². The predicted molar refractivity (Wildman–Crippen MR) is 61.4 cm³/mol. The number of para-hydroxylation sites is 1. The molecular weight excluding hydrogens is 200 g/mol. The van der Waals surface area contributed by atoms with Crippen molar-refractivity contribution in [3.63, 3.8) is 0 Å². The Kier molecular flexibility index (Phi) is 1.93. The van der Waals surface area contributed by atoms with Gasteiger partial charge in [0.1, 0.15) is 12.7 Å². The van der Waals surface area contributed by atoms with Gasteiger partial charge < -0.3 is 0 Å². The minimum Gasteiger partial charge on any atom is -0.253 e. The van der Waals surface area contributed by atoms with E-state index in [1.807, 2.05) is 37.3 Å². The summed E-state index contributed by atoms with van der Waals surface area (Å²) < 4.78 is 1.76. The average molecular weight is 210 g/mol. The first kappa shape index (κ1) is 9.03. The van der Waals surface area contributed by atoms with Gasteiger partial charge in [-0.3, -0.25) is 4.98 Å². The summed E-state index contributed by atoms with van der Waals surface area (Å²) in [5.74, 6) is 0. The molecule has 0 aliphatic heterocycles. The van der Waals surface area contributed by atoms with Gasteiger partial charge in [0.15, 0.2) is 0 Å². The minimum atomic E-state index is 0.976. The SMILES string of the molecule is Cc1cc(-n2cncn2)c2ccccc2n1. The number of rotatable bonds is 1. The van der Waals surface area contributed by atoms with Crippen LogP contribution in [0.5, 0.6) is 0 Å². The molecule has 2 aromatic heterocycles. The summed E-state index contributed by atoms with van der Waals surface area (Å²) in [4.78, 5) is 8.45. The van der Waals surface area contributed by atoms with Crippen molar-refractivity contribution >= 4 is 10.9 Å². The number of fused-ring (bicyclic) bond motifs is 1. The second-order valence-electron chi connectivity index (χ2n) is 3.64. The number of pyridine rings is 1. The van der Waals surface area contributed by atoms with Crippen LogP contribution in [-0.2, 0) is 0 Å². The van der Waals surface area contributed by atoms with Crippen LogP contribution in [0.25, 0.3) is 16.6 Å². The van der Waals surface area contributed by atoms with Crippen molar-refractivity contribution < 1.29 is 0 Å². The molecule has 4 heteroatoms. The number of hydrogen-bond acceptors (Lipinski definition) is 3. The zero-order valence-electron chi connectivity index (χ0n) is 8.83. The zero-order valence-corrected chi connectivity index (χ0v) is 8.83. The molecule has 0 aliphatic carbocycles. The maximum Gasteiger partial charge on any atom is 0.138 e. The lowest BCUT2D eigenvalue weighted by Crippen LogP contribution is -1.98. The Hall–Kier alpha value is -2.23. The molecule has 3 aromatic rings. The van der Waals surface area contributed by atoms with Crippen LogP contribution in [0.2, 0.25) is 0 Å². The van der Waals surface area contributed by atoms with Crippen molar-refractivity contribution in [2.24, 2.45) is 0 Å². The third-order valence-electron chi connectivity index (χ3n) is 2.49. The van der Waals surface area contributed by atoms with Crippen LogP contribution in [0.15, 0.2) is 43.0 Å². The first-order valence-electron chi connectivity index (χ1n) is 5.06. The molecule has 3 rings (SSSR count). The smallest absolute Gasteiger partial charge is 0.138 e. The monoisotopic (exact) mass is 210 g/mol. The Balaban J connectivity index is 2.39. The molecule has 0 fully saturated rings. The van der Waals surface area contributed by atoms with E-state index in [4.69, 9.17) is 0 Å². The quantitative estimate of drug-likeness (QED) is 0.618. The first-order valence-corrected chi connectivity index (χ1v) is 5.06. The second kappa shape index (κ2) is 3.41. The molecule has 4 nitrogen and oxygen atoms in total. The molecule has 2 heterocycles. The molecule has 0 amide bonds. The van der Waals surface area contributed by atoms with Gasteiger partial charge in [0.25, 0.3) is 0 Å². The van der Waals surface area contributed by atoms with Crippen molar-refractivity contribution in [1.82, 2.24) is 19.7 Å². The molecule has 0 aliphatic rings. The second-order valence-corrected chi connectivity index (χ2v) is 3.64. The van der Waals surface area contributed by atoms with Crippen LogP contribution < -0.4 is 0 Å². The Labute approximate surface area is 92.6 Å². The van der Waals surface area contributed by atoms with Crippen LogP contribution in [-0.4, -0.2) is 19.7 Å².